The number of aryl methyl sites for hydroxylation is 2. The zero-order valence-corrected chi connectivity index (χ0v) is 17.1. The molecule has 0 radical (unpaired) electrons. The fourth-order valence-electron chi connectivity index (χ4n) is 3.17. The van der Waals surface area contributed by atoms with E-state index >= 15 is 0 Å². The first-order valence-electron chi connectivity index (χ1n) is 9.63. The highest BCUT2D eigenvalue weighted by Crippen LogP contribution is 2.23. The number of anilines is 1. The first-order valence-corrected chi connectivity index (χ1v) is 10.4. The van der Waals surface area contributed by atoms with Crippen LogP contribution in [0.4, 0.5) is 5.13 Å². The van der Waals surface area contributed by atoms with E-state index in [1.165, 1.54) is 16.9 Å². The van der Waals surface area contributed by atoms with Crippen LogP contribution in [0.15, 0.2) is 24.3 Å². The molecule has 28 heavy (non-hydrogen) atoms. The maximum atomic E-state index is 12.5. The normalized spacial score (nSPS) is 16.4. The fourth-order valence-corrected chi connectivity index (χ4v) is 3.91. The summed E-state index contributed by atoms with van der Waals surface area (Å²) < 4.78 is 5.16. The van der Waals surface area contributed by atoms with E-state index < -0.39 is 0 Å². The fraction of sp³-hybridized carbons (Fsp3) is 0.500. The third-order valence-electron chi connectivity index (χ3n) is 4.85. The molecule has 0 spiro atoms. The molecule has 1 saturated heterocycles. The van der Waals surface area contributed by atoms with Gasteiger partial charge in [-0.1, -0.05) is 36.8 Å². The number of nitrogens with zero attached hydrogens (tertiary/aromatic N) is 3. The van der Waals surface area contributed by atoms with Crippen molar-refractivity contribution in [2.24, 2.45) is 5.92 Å². The number of rotatable bonds is 9. The van der Waals surface area contributed by atoms with Gasteiger partial charge in [-0.2, -0.15) is 0 Å². The van der Waals surface area contributed by atoms with Crippen LogP contribution in [-0.2, 0) is 22.4 Å². The Kier molecular flexibility index (Phi) is 6.97. The second-order valence-electron chi connectivity index (χ2n) is 6.93. The zero-order chi connectivity index (χ0) is 19.9. The predicted molar refractivity (Wildman–Crippen MR) is 109 cm³/mol. The molecule has 7 nitrogen and oxygen atoms in total. The second kappa shape index (κ2) is 9.64. The Morgan fingerprint density at radius 2 is 2.07 bits per heavy atom. The standard InChI is InChI=1S/C20H26N4O3S/c1-3-4-11-24-13-15(12-18(24)25)19(26)21-20-23-22-17(28-20)10-7-14-5-8-16(27-2)9-6-14/h5-6,8-9,15H,3-4,7,10-13H2,1-2H3,(H,21,23,26). The van der Waals surface area contributed by atoms with Crippen molar-refractivity contribution in [3.63, 3.8) is 0 Å². The average molecular weight is 403 g/mol. The molecule has 1 fully saturated rings. The number of hydrogen-bond acceptors (Lipinski definition) is 6. The van der Waals surface area contributed by atoms with Gasteiger partial charge in [-0.05, 0) is 30.5 Å². The Labute approximate surface area is 169 Å². The van der Waals surface area contributed by atoms with Gasteiger partial charge in [0.25, 0.3) is 0 Å². The van der Waals surface area contributed by atoms with Crippen molar-refractivity contribution in [1.82, 2.24) is 15.1 Å². The topological polar surface area (TPSA) is 84.4 Å². The summed E-state index contributed by atoms with van der Waals surface area (Å²) in [6.07, 6.45) is 3.88. The number of hydrogen-bond donors (Lipinski definition) is 1. The molecular formula is C20H26N4O3S. The Morgan fingerprint density at radius 1 is 1.29 bits per heavy atom. The van der Waals surface area contributed by atoms with Gasteiger partial charge in [-0.15, -0.1) is 10.2 Å². The molecule has 8 heteroatoms. The van der Waals surface area contributed by atoms with Crippen molar-refractivity contribution in [3.05, 3.63) is 34.8 Å². The van der Waals surface area contributed by atoms with Crippen molar-refractivity contribution in [1.29, 1.82) is 0 Å². The predicted octanol–water partition coefficient (Wildman–Crippen LogP) is 2.92. The first-order chi connectivity index (χ1) is 13.6. The van der Waals surface area contributed by atoms with Gasteiger partial charge in [0.2, 0.25) is 16.9 Å². The van der Waals surface area contributed by atoms with Gasteiger partial charge < -0.3 is 15.0 Å². The Bertz CT molecular complexity index is 806. The monoisotopic (exact) mass is 402 g/mol. The summed E-state index contributed by atoms with van der Waals surface area (Å²) >= 11 is 1.38. The van der Waals surface area contributed by atoms with Crippen LogP contribution in [0.1, 0.15) is 36.8 Å². The van der Waals surface area contributed by atoms with Crippen molar-refractivity contribution >= 4 is 28.3 Å². The minimum atomic E-state index is -0.309. The largest absolute Gasteiger partial charge is 0.497 e. The van der Waals surface area contributed by atoms with Gasteiger partial charge in [0.1, 0.15) is 10.8 Å². The van der Waals surface area contributed by atoms with Crippen LogP contribution in [0.25, 0.3) is 0 Å². The van der Waals surface area contributed by atoms with Crippen LogP contribution < -0.4 is 10.1 Å². The molecule has 2 heterocycles. The molecule has 1 aromatic heterocycles. The lowest BCUT2D eigenvalue weighted by atomic mass is 10.1. The summed E-state index contributed by atoms with van der Waals surface area (Å²) in [5.74, 6) is 0.440. The molecule has 1 unspecified atom stereocenters. The van der Waals surface area contributed by atoms with E-state index in [1.807, 2.05) is 24.3 Å². The first kappa shape index (κ1) is 20.3. The highest BCUT2D eigenvalue weighted by atomic mass is 32.1. The number of likely N-dealkylation sites (tertiary alicyclic amines) is 1. The summed E-state index contributed by atoms with van der Waals surface area (Å²) in [6, 6.07) is 7.94. The molecule has 2 aromatic rings. The van der Waals surface area contributed by atoms with E-state index in [4.69, 9.17) is 4.74 Å². The van der Waals surface area contributed by atoms with Crippen LogP contribution in [0, 0.1) is 5.92 Å². The van der Waals surface area contributed by atoms with Crippen LogP contribution in [0.2, 0.25) is 0 Å². The quantitative estimate of drug-likeness (QED) is 0.697. The van der Waals surface area contributed by atoms with Gasteiger partial charge in [-0.3, -0.25) is 9.59 Å². The summed E-state index contributed by atoms with van der Waals surface area (Å²) in [5.41, 5.74) is 1.19. The Hall–Kier alpha value is -2.48. The molecule has 0 aliphatic carbocycles. The molecule has 0 saturated carbocycles. The van der Waals surface area contributed by atoms with Crippen LogP contribution in [-0.4, -0.2) is 47.1 Å². The number of unbranched alkanes of at least 4 members (excludes halogenated alkanes) is 1. The average Bonchev–Trinajstić information content (AvgIpc) is 3.31. The van der Waals surface area contributed by atoms with Crippen molar-refractivity contribution in [2.45, 2.75) is 39.0 Å². The maximum absolute atomic E-state index is 12.5. The number of carbonyl (C=O) groups is 2. The minimum absolute atomic E-state index is 0.0612. The van der Waals surface area contributed by atoms with Gasteiger partial charge in [0, 0.05) is 25.9 Å². The highest BCUT2D eigenvalue weighted by Gasteiger charge is 2.34. The van der Waals surface area contributed by atoms with Crippen molar-refractivity contribution < 1.29 is 14.3 Å². The number of methoxy groups -OCH3 is 1. The van der Waals surface area contributed by atoms with Crippen molar-refractivity contribution in [3.8, 4) is 5.75 Å². The van der Waals surface area contributed by atoms with E-state index in [2.05, 4.69) is 22.4 Å². The second-order valence-corrected chi connectivity index (χ2v) is 7.99. The van der Waals surface area contributed by atoms with E-state index in [1.54, 1.807) is 12.0 Å². The third-order valence-corrected chi connectivity index (χ3v) is 5.75. The van der Waals surface area contributed by atoms with Crippen molar-refractivity contribution in [2.75, 3.05) is 25.5 Å². The SMILES string of the molecule is CCCCN1CC(C(=O)Nc2nnc(CCc3ccc(OC)cc3)s2)CC1=O. The molecule has 0 bridgehead atoms. The van der Waals surface area contributed by atoms with Gasteiger partial charge >= 0.3 is 0 Å². The third kappa shape index (κ3) is 5.28. The van der Waals surface area contributed by atoms with E-state index in [9.17, 15) is 9.59 Å². The van der Waals surface area contributed by atoms with E-state index in [0.29, 0.717) is 11.7 Å². The number of carbonyl (C=O) groups excluding carboxylic acids is 2. The smallest absolute Gasteiger partial charge is 0.231 e. The van der Waals surface area contributed by atoms with Gasteiger partial charge in [0.15, 0.2) is 0 Å². The Balaban J connectivity index is 1.48. The molecule has 2 amide bonds. The number of benzene rings is 1. The molecule has 150 valence electrons. The molecule has 1 aromatic carbocycles. The molecule has 1 aliphatic rings. The van der Waals surface area contributed by atoms with Gasteiger partial charge in [0.05, 0.1) is 13.0 Å². The number of ether oxygens (including phenoxy) is 1. The van der Waals surface area contributed by atoms with Crippen LogP contribution >= 0.6 is 11.3 Å². The molecule has 1 atom stereocenters. The zero-order valence-electron chi connectivity index (χ0n) is 16.3. The van der Waals surface area contributed by atoms with Crippen LogP contribution in [0.3, 0.4) is 0 Å². The lowest BCUT2D eigenvalue weighted by Crippen LogP contribution is -2.29. The number of amides is 2. The molecule has 3 rings (SSSR count). The summed E-state index contributed by atoms with van der Waals surface area (Å²) in [5, 5.41) is 12.4. The summed E-state index contributed by atoms with van der Waals surface area (Å²) in [4.78, 5) is 26.3. The minimum Gasteiger partial charge on any atom is -0.497 e. The summed E-state index contributed by atoms with van der Waals surface area (Å²) in [6.45, 7) is 3.31. The van der Waals surface area contributed by atoms with E-state index in [-0.39, 0.29) is 24.2 Å². The number of nitrogens with one attached hydrogen (secondary N) is 1. The van der Waals surface area contributed by atoms with Gasteiger partial charge in [-0.25, -0.2) is 0 Å². The highest BCUT2D eigenvalue weighted by molar-refractivity contribution is 7.15. The molecular weight excluding hydrogens is 376 g/mol. The lowest BCUT2D eigenvalue weighted by Gasteiger charge is -2.15. The molecule has 1 N–H and O–H groups in total. The summed E-state index contributed by atoms with van der Waals surface area (Å²) in [7, 11) is 1.65. The Morgan fingerprint density at radius 3 is 2.79 bits per heavy atom. The molecule has 1 aliphatic heterocycles. The maximum Gasteiger partial charge on any atom is 0.231 e. The lowest BCUT2D eigenvalue weighted by molar-refractivity contribution is -0.128. The van der Waals surface area contributed by atoms with Crippen LogP contribution in [0.5, 0.6) is 5.75 Å². The number of aromatic nitrogens is 2. The van der Waals surface area contributed by atoms with E-state index in [0.717, 1.165) is 43.0 Å².